The molecule has 96 valence electrons. The molecule has 1 rings (SSSR count). The molecule has 2 nitrogen and oxygen atoms in total. The second-order valence-electron chi connectivity index (χ2n) is 4.98. The SMILES string of the molecule is CC/C=C\CC/C=C(\C)CN(C)C(=O)C1CC1. The summed E-state index contributed by atoms with van der Waals surface area (Å²) in [6.07, 6.45) is 12.1. The zero-order valence-electron chi connectivity index (χ0n) is 11.4. The fourth-order valence-corrected chi connectivity index (χ4v) is 1.87. The predicted octanol–water partition coefficient (Wildman–Crippen LogP) is 3.55. The molecule has 0 radical (unpaired) electrons. The van der Waals surface area contributed by atoms with Gasteiger partial charge in [-0.15, -0.1) is 0 Å². The van der Waals surface area contributed by atoms with Gasteiger partial charge in [0.25, 0.3) is 0 Å². The van der Waals surface area contributed by atoms with Gasteiger partial charge in [-0.2, -0.15) is 0 Å². The Balaban J connectivity index is 2.22. The third-order valence-electron chi connectivity index (χ3n) is 3.02. The zero-order chi connectivity index (χ0) is 12.7. The maximum Gasteiger partial charge on any atom is 0.225 e. The summed E-state index contributed by atoms with van der Waals surface area (Å²) < 4.78 is 0. The lowest BCUT2D eigenvalue weighted by Gasteiger charge is -2.17. The molecule has 0 spiro atoms. The van der Waals surface area contributed by atoms with Gasteiger partial charge < -0.3 is 4.90 Å². The number of hydrogen-bond donors (Lipinski definition) is 0. The predicted molar refractivity (Wildman–Crippen MR) is 72.8 cm³/mol. The molecule has 0 heterocycles. The normalized spacial score (nSPS) is 16.5. The molecule has 1 fully saturated rings. The van der Waals surface area contributed by atoms with E-state index in [0.717, 1.165) is 38.6 Å². The molecule has 0 bridgehead atoms. The fraction of sp³-hybridized carbons (Fsp3) is 0.667. The lowest BCUT2D eigenvalue weighted by Crippen LogP contribution is -2.29. The van der Waals surface area contributed by atoms with E-state index in [0.29, 0.717) is 11.8 Å². The number of amides is 1. The van der Waals surface area contributed by atoms with Crippen LogP contribution in [0.1, 0.15) is 46.0 Å². The second-order valence-corrected chi connectivity index (χ2v) is 4.98. The van der Waals surface area contributed by atoms with Crippen molar-refractivity contribution in [3.8, 4) is 0 Å². The Labute approximate surface area is 105 Å². The molecule has 1 aliphatic carbocycles. The number of unbranched alkanes of at least 4 members (excludes halogenated alkanes) is 1. The van der Waals surface area contributed by atoms with Crippen molar-refractivity contribution in [2.24, 2.45) is 5.92 Å². The molecule has 0 saturated heterocycles. The van der Waals surface area contributed by atoms with Crippen LogP contribution in [0.5, 0.6) is 0 Å². The monoisotopic (exact) mass is 235 g/mol. The number of likely N-dealkylation sites (N-methyl/N-ethyl adjacent to an activating group) is 1. The Kier molecular flexibility index (Phi) is 6.03. The van der Waals surface area contributed by atoms with Crippen LogP contribution in [0.2, 0.25) is 0 Å². The second kappa shape index (κ2) is 7.31. The van der Waals surface area contributed by atoms with Gasteiger partial charge in [0.05, 0.1) is 0 Å². The molecular formula is C15H25NO. The van der Waals surface area contributed by atoms with Crippen molar-refractivity contribution in [2.45, 2.75) is 46.0 Å². The highest BCUT2D eigenvalue weighted by molar-refractivity contribution is 5.80. The van der Waals surface area contributed by atoms with Crippen LogP contribution in [0, 0.1) is 5.92 Å². The van der Waals surface area contributed by atoms with Gasteiger partial charge in [-0.3, -0.25) is 4.79 Å². The molecule has 0 aromatic heterocycles. The summed E-state index contributed by atoms with van der Waals surface area (Å²) >= 11 is 0. The molecule has 2 heteroatoms. The molecular weight excluding hydrogens is 210 g/mol. The van der Waals surface area contributed by atoms with Gasteiger partial charge in [0, 0.05) is 19.5 Å². The third kappa shape index (κ3) is 5.71. The molecule has 0 atom stereocenters. The van der Waals surface area contributed by atoms with E-state index in [1.165, 1.54) is 5.57 Å². The number of nitrogens with zero attached hydrogens (tertiary/aromatic N) is 1. The van der Waals surface area contributed by atoms with Gasteiger partial charge in [0.1, 0.15) is 0 Å². The molecule has 0 aliphatic heterocycles. The quantitative estimate of drug-likeness (QED) is 0.488. The summed E-state index contributed by atoms with van der Waals surface area (Å²) in [7, 11) is 1.91. The van der Waals surface area contributed by atoms with Gasteiger partial charge in [-0.1, -0.05) is 30.7 Å². The van der Waals surface area contributed by atoms with Crippen molar-refractivity contribution in [1.29, 1.82) is 0 Å². The van der Waals surface area contributed by atoms with Crippen molar-refractivity contribution in [2.75, 3.05) is 13.6 Å². The van der Waals surface area contributed by atoms with E-state index in [-0.39, 0.29) is 0 Å². The van der Waals surface area contributed by atoms with E-state index in [4.69, 9.17) is 0 Å². The average molecular weight is 235 g/mol. The Hall–Kier alpha value is -1.05. The average Bonchev–Trinajstić information content (AvgIpc) is 3.11. The highest BCUT2D eigenvalue weighted by Gasteiger charge is 2.31. The molecule has 0 N–H and O–H groups in total. The standard InChI is InChI=1S/C15H25NO/c1-4-5-6-7-8-9-13(2)12-16(3)15(17)14-10-11-14/h5-6,9,14H,4,7-8,10-12H2,1-3H3/b6-5-,13-9+. The van der Waals surface area contributed by atoms with Crippen molar-refractivity contribution < 1.29 is 4.79 Å². The van der Waals surface area contributed by atoms with Crippen molar-refractivity contribution >= 4 is 5.91 Å². The lowest BCUT2D eigenvalue weighted by atomic mass is 10.2. The van der Waals surface area contributed by atoms with Crippen molar-refractivity contribution in [3.63, 3.8) is 0 Å². The first-order valence-corrected chi connectivity index (χ1v) is 6.70. The number of carbonyl (C=O) groups excluding carboxylic acids is 1. The molecule has 17 heavy (non-hydrogen) atoms. The number of hydrogen-bond acceptors (Lipinski definition) is 1. The number of carbonyl (C=O) groups is 1. The highest BCUT2D eigenvalue weighted by Crippen LogP contribution is 2.30. The van der Waals surface area contributed by atoms with Crippen LogP contribution < -0.4 is 0 Å². The van der Waals surface area contributed by atoms with Crippen LogP contribution in [0.15, 0.2) is 23.8 Å². The third-order valence-corrected chi connectivity index (χ3v) is 3.02. The van der Waals surface area contributed by atoms with E-state index in [9.17, 15) is 4.79 Å². The molecule has 0 unspecified atom stereocenters. The van der Waals surface area contributed by atoms with E-state index in [1.54, 1.807) is 0 Å². The van der Waals surface area contributed by atoms with Crippen LogP contribution in [-0.4, -0.2) is 24.4 Å². The topological polar surface area (TPSA) is 20.3 Å². The van der Waals surface area contributed by atoms with Gasteiger partial charge in [0.15, 0.2) is 0 Å². The Morgan fingerprint density at radius 1 is 1.29 bits per heavy atom. The lowest BCUT2D eigenvalue weighted by molar-refractivity contribution is -0.130. The first-order chi connectivity index (χ1) is 8.15. The van der Waals surface area contributed by atoms with Gasteiger partial charge in [-0.05, 0) is 39.0 Å². The summed E-state index contributed by atoms with van der Waals surface area (Å²) in [5.74, 6) is 0.656. The van der Waals surface area contributed by atoms with Gasteiger partial charge in [0.2, 0.25) is 5.91 Å². The summed E-state index contributed by atoms with van der Waals surface area (Å²) in [6, 6.07) is 0. The molecule has 1 aliphatic rings. The van der Waals surface area contributed by atoms with E-state index >= 15 is 0 Å². The summed E-state index contributed by atoms with van der Waals surface area (Å²) in [5.41, 5.74) is 1.30. The van der Waals surface area contributed by atoms with Crippen LogP contribution in [0.3, 0.4) is 0 Å². The van der Waals surface area contributed by atoms with Crippen molar-refractivity contribution in [1.82, 2.24) is 4.90 Å². The van der Waals surface area contributed by atoms with Gasteiger partial charge in [-0.25, -0.2) is 0 Å². The minimum absolute atomic E-state index is 0.323. The van der Waals surface area contributed by atoms with Crippen molar-refractivity contribution in [3.05, 3.63) is 23.8 Å². The van der Waals surface area contributed by atoms with Crippen LogP contribution in [0.25, 0.3) is 0 Å². The minimum Gasteiger partial charge on any atom is -0.342 e. The Morgan fingerprint density at radius 2 is 2.00 bits per heavy atom. The molecule has 0 aromatic carbocycles. The maximum atomic E-state index is 11.7. The molecule has 1 amide bonds. The van der Waals surface area contributed by atoms with Crippen LogP contribution in [-0.2, 0) is 4.79 Å². The Bertz CT molecular complexity index is 300. The number of rotatable bonds is 7. The largest absolute Gasteiger partial charge is 0.342 e. The first-order valence-electron chi connectivity index (χ1n) is 6.70. The van der Waals surface area contributed by atoms with E-state index in [1.807, 2.05) is 11.9 Å². The first kappa shape index (κ1) is 14.0. The summed E-state index contributed by atoms with van der Waals surface area (Å²) in [4.78, 5) is 13.6. The highest BCUT2D eigenvalue weighted by atomic mass is 16.2. The maximum absolute atomic E-state index is 11.7. The molecule has 0 aromatic rings. The minimum atomic E-state index is 0.323. The fourth-order valence-electron chi connectivity index (χ4n) is 1.87. The van der Waals surface area contributed by atoms with E-state index in [2.05, 4.69) is 32.1 Å². The molecule has 1 saturated carbocycles. The number of allylic oxidation sites excluding steroid dienone is 3. The van der Waals surface area contributed by atoms with Gasteiger partial charge >= 0.3 is 0 Å². The zero-order valence-corrected chi connectivity index (χ0v) is 11.4. The smallest absolute Gasteiger partial charge is 0.225 e. The van der Waals surface area contributed by atoms with Crippen LogP contribution in [0.4, 0.5) is 0 Å². The summed E-state index contributed by atoms with van der Waals surface area (Å²) in [6.45, 7) is 5.04. The summed E-state index contributed by atoms with van der Waals surface area (Å²) in [5, 5.41) is 0. The Morgan fingerprint density at radius 3 is 2.59 bits per heavy atom. The van der Waals surface area contributed by atoms with E-state index < -0.39 is 0 Å². The van der Waals surface area contributed by atoms with Crippen LogP contribution >= 0.6 is 0 Å².